The average Bonchev–Trinajstić information content (AvgIpc) is 2.76. The molecule has 1 aliphatic carbocycles. The molecule has 0 radical (unpaired) electrons. The molecule has 1 N–H and O–H groups in total. The fourth-order valence-electron chi connectivity index (χ4n) is 2.36. The number of rotatable bonds is 2. The lowest BCUT2D eigenvalue weighted by Gasteiger charge is -2.15. The minimum absolute atomic E-state index is 0.0922. The topological polar surface area (TPSA) is 38.3 Å². The molecule has 3 nitrogen and oxygen atoms in total. The van der Waals surface area contributed by atoms with E-state index in [1.807, 2.05) is 26.0 Å². The first kappa shape index (κ1) is 13.4. The summed E-state index contributed by atoms with van der Waals surface area (Å²) in [5.74, 6) is 0. The molecule has 18 heavy (non-hydrogen) atoms. The van der Waals surface area contributed by atoms with Crippen LogP contribution in [0.3, 0.4) is 0 Å². The van der Waals surface area contributed by atoms with E-state index in [1.165, 1.54) is 0 Å². The number of benzene rings is 1. The lowest BCUT2D eigenvalue weighted by molar-refractivity contribution is 0.114. The molecule has 0 aliphatic heterocycles. The van der Waals surface area contributed by atoms with E-state index >= 15 is 0 Å². The van der Waals surface area contributed by atoms with Crippen molar-refractivity contribution in [1.82, 2.24) is 0 Å². The monoisotopic (exact) mass is 311 g/mol. The number of carbonyl (C=O) groups is 1. The first-order chi connectivity index (χ1) is 8.56. The molecule has 0 spiro atoms. The highest BCUT2D eigenvalue weighted by atomic mass is 79.9. The molecular weight excluding hydrogens is 294 g/mol. The predicted octanol–water partition coefficient (Wildman–Crippen LogP) is 4.56. The normalized spacial score (nSPS) is 15.7. The first-order valence-corrected chi connectivity index (χ1v) is 7.10. The van der Waals surface area contributed by atoms with Gasteiger partial charge in [-0.15, -0.1) is 0 Å². The number of carbonyl (C=O) groups excluding carboxylic acids is 1. The Labute approximate surface area is 116 Å². The summed E-state index contributed by atoms with van der Waals surface area (Å²) in [5.41, 5.74) is 2.99. The number of anilines is 1. The average molecular weight is 312 g/mol. The fraction of sp³-hybridized carbons (Fsp3) is 0.500. The van der Waals surface area contributed by atoms with Crippen molar-refractivity contribution < 1.29 is 9.53 Å². The number of halogens is 1. The summed E-state index contributed by atoms with van der Waals surface area (Å²) in [5, 5.41) is 2.82. The van der Waals surface area contributed by atoms with Crippen LogP contribution in [0.15, 0.2) is 16.6 Å². The summed E-state index contributed by atoms with van der Waals surface area (Å²) in [6, 6.07) is 4.02. The Bertz CT molecular complexity index is 430. The summed E-state index contributed by atoms with van der Waals surface area (Å²) in [6.07, 6.45) is 4.03. The van der Waals surface area contributed by atoms with E-state index in [0.29, 0.717) is 0 Å². The molecular formula is C14H18BrNO2. The van der Waals surface area contributed by atoms with Gasteiger partial charge in [-0.05, 0) is 72.7 Å². The fourth-order valence-corrected chi connectivity index (χ4v) is 3.14. The molecule has 98 valence electrons. The van der Waals surface area contributed by atoms with Gasteiger partial charge in [0.25, 0.3) is 0 Å². The molecule has 0 aromatic heterocycles. The highest BCUT2D eigenvalue weighted by Gasteiger charge is 2.20. The van der Waals surface area contributed by atoms with Crippen LogP contribution in [0.25, 0.3) is 0 Å². The Morgan fingerprint density at radius 1 is 1.33 bits per heavy atom. The van der Waals surface area contributed by atoms with E-state index in [-0.39, 0.29) is 12.2 Å². The Hall–Kier alpha value is -1.03. The minimum atomic E-state index is -0.352. The SMILES string of the molecule is Cc1cc(C)c(NC(=O)OC2CCCC2)c(Br)c1. The van der Waals surface area contributed by atoms with E-state index in [4.69, 9.17) is 4.74 Å². The quantitative estimate of drug-likeness (QED) is 0.869. The summed E-state index contributed by atoms with van der Waals surface area (Å²) >= 11 is 3.47. The molecule has 0 unspecified atom stereocenters. The van der Waals surface area contributed by atoms with Crippen molar-refractivity contribution in [2.45, 2.75) is 45.6 Å². The van der Waals surface area contributed by atoms with E-state index in [9.17, 15) is 4.79 Å². The lowest BCUT2D eigenvalue weighted by atomic mass is 10.1. The van der Waals surface area contributed by atoms with Crippen molar-refractivity contribution in [2.75, 3.05) is 5.32 Å². The zero-order valence-corrected chi connectivity index (χ0v) is 12.3. The summed E-state index contributed by atoms with van der Waals surface area (Å²) in [6.45, 7) is 4.00. The van der Waals surface area contributed by atoms with Crippen molar-refractivity contribution >= 4 is 27.7 Å². The van der Waals surface area contributed by atoms with Gasteiger partial charge >= 0.3 is 6.09 Å². The lowest BCUT2D eigenvalue weighted by Crippen LogP contribution is -2.20. The number of nitrogens with one attached hydrogen (secondary N) is 1. The van der Waals surface area contributed by atoms with Gasteiger partial charge in [0.1, 0.15) is 6.10 Å². The van der Waals surface area contributed by atoms with Gasteiger partial charge < -0.3 is 4.74 Å². The predicted molar refractivity (Wildman–Crippen MR) is 76.0 cm³/mol. The van der Waals surface area contributed by atoms with Crippen LogP contribution >= 0.6 is 15.9 Å². The van der Waals surface area contributed by atoms with Gasteiger partial charge in [-0.1, -0.05) is 6.07 Å². The number of hydrogen-bond acceptors (Lipinski definition) is 2. The van der Waals surface area contributed by atoms with Crippen LogP contribution in [-0.2, 0) is 4.74 Å². The van der Waals surface area contributed by atoms with E-state index in [2.05, 4.69) is 21.2 Å². The molecule has 1 amide bonds. The van der Waals surface area contributed by atoms with Crippen LogP contribution in [-0.4, -0.2) is 12.2 Å². The van der Waals surface area contributed by atoms with Gasteiger partial charge in [-0.3, -0.25) is 5.32 Å². The molecule has 0 heterocycles. The van der Waals surface area contributed by atoms with Gasteiger partial charge in [0.2, 0.25) is 0 Å². The van der Waals surface area contributed by atoms with E-state index in [1.54, 1.807) is 0 Å². The number of aryl methyl sites for hydroxylation is 2. The Kier molecular flexibility index (Phi) is 4.27. The highest BCUT2D eigenvalue weighted by molar-refractivity contribution is 9.10. The molecule has 1 aliphatic rings. The summed E-state index contributed by atoms with van der Waals surface area (Å²) in [7, 11) is 0. The first-order valence-electron chi connectivity index (χ1n) is 6.30. The minimum Gasteiger partial charge on any atom is -0.446 e. The Morgan fingerprint density at radius 3 is 2.61 bits per heavy atom. The van der Waals surface area contributed by atoms with Crippen LogP contribution < -0.4 is 5.32 Å². The maximum Gasteiger partial charge on any atom is 0.411 e. The second-order valence-electron chi connectivity index (χ2n) is 4.88. The van der Waals surface area contributed by atoms with Crippen LogP contribution in [0.1, 0.15) is 36.8 Å². The van der Waals surface area contributed by atoms with E-state index < -0.39 is 0 Å². The number of hydrogen-bond donors (Lipinski definition) is 1. The molecule has 0 saturated heterocycles. The van der Waals surface area contributed by atoms with Gasteiger partial charge in [-0.25, -0.2) is 4.79 Å². The third-order valence-corrected chi connectivity index (χ3v) is 3.86. The molecule has 0 bridgehead atoms. The van der Waals surface area contributed by atoms with Crippen molar-refractivity contribution in [1.29, 1.82) is 0 Å². The van der Waals surface area contributed by atoms with Gasteiger partial charge in [0.05, 0.1) is 5.69 Å². The van der Waals surface area contributed by atoms with Crippen LogP contribution in [0.4, 0.5) is 10.5 Å². The van der Waals surface area contributed by atoms with Crippen molar-refractivity contribution in [3.8, 4) is 0 Å². The molecule has 1 fully saturated rings. The molecule has 4 heteroatoms. The van der Waals surface area contributed by atoms with Crippen LogP contribution in [0, 0.1) is 13.8 Å². The standard InChI is InChI=1S/C14H18BrNO2/c1-9-7-10(2)13(12(15)8-9)16-14(17)18-11-5-3-4-6-11/h7-8,11H,3-6H2,1-2H3,(H,16,17). The third-order valence-electron chi connectivity index (χ3n) is 3.23. The van der Waals surface area contributed by atoms with Crippen molar-refractivity contribution in [3.63, 3.8) is 0 Å². The number of amides is 1. The molecule has 0 atom stereocenters. The number of ether oxygens (including phenoxy) is 1. The van der Waals surface area contributed by atoms with Crippen LogP contribution in [0.5, 0.6) is 0 Å². The van der Waals surface area contributed by atoms with Crippen molar-refractivity contribution in [2.24, 2.45) is 0 Å². The second-order valence-corrected chi connectivity index (χ2v) is 5.73. The van der Waals surface area contributed by atoms with Gasteiger partial charge in [0.15, 0.2) is 0 Å². The second kappa shape index (κ2) is 5.74. The van der Waals surface area contributed by atoms with Crippen LogP contribution in [0.2, 0.25) is 0 Å². The third kappa shape index (κ3) is 3.25. The molecule has 1 saturated carbocycles. The molecule has 2 rings (SSSR count). The van der Waals surface area contributed by atoms with Gasteiger partial charge in [0, 0.05) is 4.47 Å². The highest BCUT2D eigenvalue weighted by Crippen LogP contribution is 2.28. The summed E-state index contributed by atoms with van der Waals surface area (Å²) < 4.78 is 6.28. The maximum absolute atomic E-state index is 11.8. The summed E-state index contributed by atoms with van der Waals surface area (Å²) in [4.78, 5) is 11.8. The molecule has 1 aromatic carbocycles. The zero-order chi connectivity index (χ0) is 13.1. The maximum atomic E-state index is 11.8. The zero-order valence-electron chi connectivity index (χ0n) is 10.8. The smallest absolute Gasteiger partial charge is 0.411 e. The largest absolute Gasteiger partial charge is 0.446 e. The molecule has 1 aromatic rings. The Balaban J connectivity index is 2.02. The Morgan fingerprint density at radius 2 is 2.00 bits per heavy atom. The van der Waals surface area contributed by atoms with E-state index in [0.717, 1.165) is 47.0 Å². The van der Waals surface area contributed by atoms with Gasteiger partial charge in [-0.2, -0.15) is 0 Å². The van der Waals surface area contributed by atoms with Crippen molar-refractivity contribution in [3.05, 3.63) is 27.7 Å².